The highest BCUT2D eigenvalue weighted by atomic mass is 16.1. The molecule has 2 aromatic rings. The summed E-state index contributed by atoms with van der Waals surface area (Å²) >= 11 is 0. The summed E-state index contributed by atoms with van der Waals surface area (Å²) in [4.78, 5) is 17.9. The van der Waals surface area contributed by atoms with Gasteiger partial charge in [-0.05, 0) is 28.3 Å². The molecule has 0 aliphatic heterocycles. The van der Waals surface area contributed by atoms with Crippen LogP contribution >= 0.6 is 0 Å². The summed E-state index contributed by atoms with van der Waals surface area (Å²) < 4.78 is 0. The average Bonchev–Trinajstić information content (AvgIpc) is 2.75. The van der Waals surface area contributed by atoms with Gasteiger partial charge in [0, 0.05) is 32.7 Å². The molecule has 0 aromatic heterocycles. The topological polar surface area (TPSA) is 115 Å². The molecule has 0 N–H and O–H groups in total. The van der Waals surface area contributed by atoms with E-state index < -0.39 is 0 Å². The summed E-state index contributed by atoms with van der Waals surface area (Å²) in [6.45, 7) is 0. The lowest BCUT2D eigenvalue weighted by molar-refractivity contribution is 0.104. The molecule has 0 heterocycles. The molecule has 7 nitrogen and oxygen atoms in total. The van der Waals surface area contributed by atoms with E-state index >= 15 is 0 Å². The van der Waals surface area contributed by atoms with Gasteiger partial charge in [0.1, 0.15) is 0 Å². The molecular weight excluding hydrogens is 364 g/mol. The van der Waals surface area contributed by atoms with E-state index in [2.05, 4.69) is 20.1 Å². The van der Waals surface area contributed by atoms with Crippen molar-refractivity contribution in [2.24, 2.45) is 16.1 Å². The van der Waals surface area contributed by atoms with E-state index in [1.807, 2.05) is 48.6 Å². The summed E-state index contributed by atoms with van der Waals surface area (Å²) in [7, 11) is 0. The van der Waals surface area contributed by atoms with E-state index in [0.717, 1.165) is 11.1 Å². The van der Waals surface area contributed by atoms with E-state index in [-0.39, 0.29) is 11.7 Å². The predicted octanol–water partition coefficient (Wildman–Crippen LogP) is 7.13. The number of rotatable bonds is 6. The Balaban J connectivity index is 1.76. The molecule has 0 spiro atoms. The molecule has 0 bridgehead atoms. The molecule has 1 aliphatic rings. The van der Waals surface area contributed by atoms with Gasteiger partial charge in [0.2, 0.25) is 0 Å². The number of nitrogens with zero attached hydrogens (tertiary/aromatic N) is 6. The third-order valence-corrected chi connectivity index (χ3v) is 4.26. The van der Waals surface area contributed by atoms with Crippen LogP contribution in [-0.2, 0) is 0 Å². The molecule has 0 saturated carbocycles. The quantitative estimate of drug-likeness (QED) is 0.171. The van der Waals surface area contributed by atoms with Gasteiger partial charge in [-0.1, -0.05) is 95.2 Å². The lowest BCUT2D eigenvalue weighted by Crippen LogP contribution is -2.01. The molecule has 0 amide bonds. The molecule has 0 fully saturated rings. The van der Waals surface area contributed by atoms with Gasteiger partial charge >= 0.3 is 0 Å². The standard InChI is InChI=1S/C22H16N6O/c23-27-25-20-10-5-16(6-11-20)15-19-4-2-1-3-17(19)9-14-22(29)18-7-12-21(13-8-18)26-28-24/h1-15,17H. The Labute approximate surface area is 167 Å². The maximum atomic E-state index is 12.4. The minimum atomic E-state index is -0.126. The van der Waals surface area contributed by atoms with Crippen molar-refractivity contribution in [3.8, 4) is 0 Å². The van der Waals surface area contributed by atoms with Gasteiger partial charge in [-0.2, -0.15) is 0 Å². The number of carbonyl (C=O) groups excluding carboxylic acids is 1. The molecule has 1 atom stereocenters. The normalized spacial score (nSPS) is 16.4. The number of allylic oxidation sites excluding steroid dienone is 7. The third-order valence-electron chi connectivity index (χ3n) is 4.26. The van der Waals surface area contributed by atoms with Crippen LogP contribution < -0.4 is 0 Å². The first-order valence-corrected chi connectivity index (χ1v) is 8.79. The molecule has 140 valence electrons. The Hall–Kier alpha value is -4.31. The smallest absolute Gasteiger partial charge is 0.185 e. The third kappa shape index (κ3) is 5.34. The van der Waals surface area contributed by atoms with Crippen molar-refractivity contribution in [1.29, 1.82) is 0 Å². The van der Waals surface area contributed by atoms with Crippen LogP contribution in [0.3, 0.4) is 0 Å². The van der Waals surface area contributed by atoms with Gasteiger partial charge in [0.15, 0.2) is 5.78 Å². The van der Waals surface area contributed by atoms with Crippen LogP contribution in [0.2, 0.25) is 0 Å². The second-order valence-corrected chi connectivity index (χ2v) is 6.15. The van der Waals surface area contributed by atoms with Crippen molar-refractivity contribution < 1.29 is 4.79 Å². The molecular formula is C22H16N6O. The fourth-order valence-corrected chi connectivity index (χ4v) is 2.80. The Morgan fingerprint density at radius 2 is 1.52 bits per heavy atom. The Morgan fingerprint density at radius 1 is 0.897 bits per heavy atom. The maximum absolute atomic E-state index is 12.4. The van der Waals surface area contributed by atoms with Crippen molar-refractivity contribution in [3.05, 3.63) is 123 Å². The molecule has 29 heavy (non-hydrogen) atoms. The highest BCUT2D eigenvalue weighted by Crippen LogP contribution is 2.24. The van der Waals surface area contributed by atoms with E-state index in [9.17, 15) is 4.79 Å². The first-order chi connectivity index (χ1) is 14.2. The minimum absolute atomic E-state index is 0.0387. The molecule has 7 heteroatoms. The molecule has 1 unspecified atom stereocenters. The second kappa shape index (κ2) is 9.58. The Morgan fingerprint density at radius 3 is 2.14 bits per heavy atom. The van der Waals surface area contributed by atoms with Gasteiger partial charge in [-0.15, -0.1) is 0 Å². The number of azide groups is 2. The van der Waals surface area contributed by atoms with Gasteiger partial charge in [0.25, 0.3) is 0 Å². The summed E-state index contributed by atoms with van der Waals surface area (Å²) in [6, 6.07) is 13.7. The number of benzene rings is 2. The van der Waals surface area contributed by atoms with Crippen molar-refractivity contribution in [2.45, 2.75) is 0 Å². The number of ketones is 1. The van der Waals surface area contributed by atoms with Crippen LogP contribution in [0.15, 0.2) is 101 Å². The molecule has 3 rings (SSSR count). The van der Waals surface area contributed by atoms with Crippen molar-refractivity contribution >= 4 is 23.2 Å². The lowest BCUT2D eigenvalue weighted by atomic mass is 9.91. The van der Waals surface area contributed by atoms with Gasteiger partial charge < -0.3 is 0 Å². The van der Waals surface area contributed by atoms with E-state index in [1.54, 1.807) is 42.5 Å². The fourth-order valence-electron chi connectivity index (χ4n) is 2.80. The lowest BCUT2D eigenvalue weighted by Gasteiger charge is -2.13. The second-order valence-electron chi connectivity index (χ2n) is 6.15. The largest absolute Gasteiger partial charge is 0.289 e. The van der Waals surface area contributed by atoms with Crippen LogP contribution in [0.5, 0.6) is 0 Å². The number of hydrogen-bond acceptors (Lipinski definition) is 3. The summed E-state index contributed by atoms with van der Waals surface area (Å²) in [5, 5.41) is 7.06. The molecule has 0 saturated heterocycles. The van der Waals surface area contributed by atoms with Gasteiger partial charge in [-0.25, -0.2) is 0 Å². The van der Waals surface area contributed by atoms with Crippen LogP contribution in [0.1, 0.15) is 15.9 Å². The zero-order valence-corrected chi connectivity index (χ0v) is 15.3. The van der Waals surface area contributed by atoms with Crippen LogP contribution in [0, 0.1) is 5.92 Å². The van der Waals surface area contributed by atoms with E-state index in [4.69, 9.17) is 11.1 Å². The zero-order chi connectivity index (χ0) is 20.5. The fraction of sp³-hybridized carbons (Fsp3) is 0.0455. The predicted molar refractivity (Wildman–Crippen MR) is 114 cm³/mol. The highest BCUT2D eigenvalue weighted by Gasteiger charge is 2.10. The Bertz CT molecular complexity index is 1110. The zero-order valence-electron chi connectivity index (χ0n) is 15.3. The van der Waals surface area contributed by atoms with Gasteiger partial charge in [-0.3, -0.25) is 4.79 Å². The summed E-state index contributed by atoms with van der Waals surface area (Å²) in [5.74, 6) is -0.165. The molecule has 2 aromatic carbocycles. The van der Waals surface area contributed by atoms with Gasteiger partial charge in [0.05, 0.1) is 0 Å². The van der Waals surface area contributed by atoms with Crippen LogP contribution in [-0.4, -0.2) is 5.78 Å². The SMILES string of the molecule is [N-]=[N+]=Nc1ccc(C=C2C=CC=CC2C=CC(=O)c2ccc(N=[N+]=[N-])cc2)cc1. The monoisotopic (exact) mass is 380 g/mol. The van der Waals surface area contributed by atoms with Crippen molar-refractivity contribution in [1.82, 2.24) is 0 Å². The minimum Gasteiger partial charge on any atom is -0.289 e. The van der Waals surface area contributed by atoms with E-state index in [1.165, 1.54) is 0 Å². The number of carbonyl (C=O) groups is 1. The summed E-state index contributed by atoms with van der Waals surface area (Å²) in [5.41, 5.74) is 20.5. The Kier molecular flexibility index (Phi) is 6.42. The highest BCUT2D eigenvalue weighted by molar-refractivity contribution is 6.04. The van der Waals surface area contributed by atoms with Crippen molar-refractivity contribution in [2.75, 3.05) is 0 Å². The average molecular weight is 380 g/mol. The first-order valence-electron chi connectivity index (χ1n) is 8.79. The van der Waals surface area contributed by atoms with Crippen molar-refractivity contribution in [3.63, 3.8) is 0 Å². The first kappa shape index (κ1) is 19.5. The maximum Gasteiger partial charge on any atom is 0.185 e. The van der Waals surface area contributed by atoms with E-state index in [0.29, 0.717) is 16.9 Å². The summed E-state index contributed by atoms with van der Waals surface area (Å²) in [6.07, 6.45) is 13.3. The van der Waals surface area contributed by atoms with Crippen LogP contribution in [0.25, 0.3) is 27.0 Å². The molecule has 0 radical (unpaired) electrons. The molecule has 1 aliphatic carbocycles. The van der Waals surface area contributed by atoms with Crippen LogP contribution in [0.4, 0.5) is 11.4 Å². The number of hydrogen-bond donors (Lipinski definition) is 0.